The zero-order chi connectivity index (χ0) is 15.7. The molecule has 0 radical (unpaired) electrons. The number of aromatic nitrogens is 1. The lowest BCUT2D eigenvalue weighted by Gasteiger charge is -2.08. The number of rotatable bonds is 3. The van der Waals surface area contributed by atoms with Crippen LogP contribution < -0.4 is 20.7 Å². The number of benzene rings is 1. The van der Waals surface area contributed by atoms with Crippen molar-refractivity contribution in [1.29, 1.82) is 0 Å². The van der Waals surface area contributed by atoms with Crippen LogP contribution in [0.4, 0.5) is 9.93 Å². The Morgan fingerprint density at radius 3 is 2.95 bits per heavy atom. The quantitative estimate of drug-likeness (QED) is 0.726. The van der Waals surface area contributed by atoms with E-state index in [1.54, 1.807) is 19.2 Å². The first-order valence-electron chi connectivity index (χ1n) is 6.41. The van der Waals surface area contributed by atoms with Gasteiger partial charge in [-0.15, -0.1) is 0 Å². The number of hydrogen-bond donors (Lipinski definition) is 3. The van der Waals surface area contributed by atoms with Gasteiger partial charge in [0.25, 0.3) is 0 Å². The third kappa shape index (κ3) is 2.84. The molecule has 1 saturated heterocycles. The molecule has 1 unspecified atom stereocenters. The molecule has 1 atom stereocenters. The minimum absolute atomic E-state index is 0.0523. The van der Waals surface area contributed by atoms with E-state index >= 15 is 0 Å². The molecule has 0 spiro atoms. The lowest BCUT2D eigenvalue weighted by atomic mass is 10.2. The third-order valence-electron chi connectivity index (χ3n) is 3.09. The van der Waals surface area contributed by atoms with Gasteiger partial charge in [0.1, 0.15) is 11.8 Å². The van der Waals surface area contributed by atoms with Gasteiger partial charge < -0.3 is 10.1 Å². The molecular weight excluding hydrogens is 308 g/mol. The molecule has 3 rings (SSSR count). The molecule has 1 fully saturated rings. The molecule has 2 aromatic rings. The molecule has 1 aliphatic rings. The second-order valence-electron chi connectivity index (χ2n) is 4.62. The molecule has 1 aromatic heterocycles. The van der Waals surface area contributed by atoms with Gasteiger partial charge in [-0.2, -0.15) is 0 Å². The van der Waals surface area contributed by atoms with E-state index in [0.717, 1.165) is 4.70 Å². The standard InChI is InChI=1S/C13H12N4O4S/c1-21-6-2-3-9-7(4-6)15-13(22-9)17-12(20)14-8-5-10(18)16-11(8)19/h2-4,8H,5H2,1H3,(H,16,18,19)(H2,14,15,17,20). The zero-order valence-electron chi connectivity index (χ0n) is 11.5. The number of nitrogens with one attached hydrogen (secondary N) is 3. The number of hydrogen-bond acceptors (Lipinski definition) is 6. The summed E-state index contributed by atoms with van der Waals surface area (Å²) in [7, 11) is 1.56. The summed E-state index contributed by atoms with van der Waals surface area (Å²) in [5.74, 6) is -0.230. The molecule has 3 N–H and O–H groups in total. The first-order chi connectivity index (χ1) is 10.5. The molecule has 4 amide bonds. The second-order valence-corrected chi connectivity index (χ2v) is 5.65. The minimum Gasteiger partial charge on any atom is -0.497 e. The summed E-state index contributed by atoms with van der Waals surface area (Å²) in [5.41, 5.74) is 0.702. The molecule has 8 nitrogen and oxygen atoms in total. The summed E-state index contributed by atoms with van der Waals surface area (Å²) in [6, 6.07) is 3.98. The fourth-order valence-electron chi connectivity index (χ4n) is 2.05. The van der Waals surface area contributed by atoms with Crippen molar-refractivity contribution in [3.63, 3.8) is 0 Å². The van der Waals surface area contributed by atoms with Gasteiger partial charge in [0.05, 0.1) is 23.7 Å². The van der Waals surface area contributed by atoms with Crippen LogP contribution in [0.25, 0.3) is 10.2 Å². The first-order valence-corrected chi connectivity index (χ1v) is 7.22. The second kappa shape index (κ2) is 5.60. The average Bonchev–Trinajstić information content (AvgIpc) is 3.00. The maximum absolute atomic E-state index is 11.8. The number of imide groups is 1. The monoisotopic (exact) mass is 320 g/mol. The fraction of sp³-hybridized carbons (Fsp3) is 0.231. The van der Waals surface area contributed by atoms with Gasteiger partial charge in [0.15, 0.2) is 5.13 Å². The van der Waals surface area contributed by atoms with E-state index in [4.69, 9.17) is 4.74 Å². The third-order valence-corrected chi connectivity index (χ3v) is 4.04. The summed E-state index contributed by atoms with van der Waals surface area (Å²) in [5, 5.41) is 7.51. The van der Waals surface area contributed by atoms with E-state index in [-0.39, 0.29) is 6.42 Å². The van der Waals surface area contributed by atoms with Crippen LogP contribution in [0.2, 0.25) is 0 Å². The highest BCUT2D eigenvalue weighted by atomic mass is 32.1. The molecule has 1 aliphatic heterocycles. The van der Waals surface area contributed by atoms with Crippen LogP contribution in [0.1, 0.15) is 6.42 Å². The summed E-state index contributed by atoms with van der Waals surface area (Å²) < 4.78 is 6.01. The SMILES string of the molecule is COc1ccc2sc(NC(=O)NC3CC(=O)NC3=O)nc2c1. The lowest BCUT2D eigenvalue weighted by molar-refractivity contribution is -0.125. The molecule has 114 valence electrons. The van der Waals surface area contributed by atoms with Crippen LogP contribution >= 0.6 is 11.3 Å². The van der Waals surface area contributed by atoms with Gasteiger partial charge in [-0.3, -0.25) is 20.2 Å². The largest absolute Gasteiger partial charge is 0.497 e. The Morgan fingerprint density at radius 2 is 2.27 bits per heavy atom. The van der Waals surface area contributed by atoms with Crippen molar-refractivity contribution < 1.29 is 19.1 Å². The summed E-state index contributed by atoms with van der Waals surface area (Å²) >= 11 is 1.30. The fourth-order valence-corrected chi connectivity index (χ4v) is 2.89. The van der Waals surface area contributed by atoms with Crippen LogP contribution in [0, 0.1) is 0 Å². The zero-order valence-corrected chi connectivity index (χ0v) is 12.3. The van der Waals surface area contributed by atoms with Crippen molar-refractivity contribution in [2.45, 2.75) is 12.5 Å². The van der Waals surface area contributed by atoms with Gasteiger partial charge in [0.2, 0.25) is 11.8 Å². The molecule has 9 heteroatoms. The number of anilines is 1. The van der Waals surface area contributed by atoms with E-state index in [0.29, 0.717) is 16.4 Å². The average molecular weight is 320 g/mol. The Morgan fingerprint density at radius 1 is 1.45 bits per heavy atom. The molecular formula is C13H12N4O4S. The van der Waals surface area contributed by atoms with E-state index in [9.17, 15) is 14.4 Å². The number of ether oxygens (including phenoxy) is 1. The highest BCUT2D eigenvalue weighted by Gasteiger charge is 2.31. The number of methoxy groups -OCH3 is 1. The maximum Gasteiger partial charge on any atom is 0.321 e. The minimum atomic E-state index is -0.845. The Balaban J connectivity index is 1.68. The maximum atomic E-state index is 11.8. The Bertz CT molecular complexity index is 772. The van der Waals surface area contributed by atoms with Crippen LogP contribution in [0.15, 0.2) is 18.2 Å². The van der Waals surface area contributed by atoms with Crippen LogP contribution in [-0.2, 0) is 9.59 Å². The highest BCUT2D eigenvalue weighted by molar-refractivity contribution is 7.22. The Kier molecular flexibility index (Phi) is 3.63. The van der Waals surface area contributed by atoms with E-state index in [1.165, 1.54) is 11.3 Å². The number of carbonyl (C=O) groups is 3. The molecule has 0 bridgehead atoms. The van der Waals surface area contributed by atoms with Gasteiger partial charge in [-0.1, -0.05) is 11.3 Å². The Labute approximate surface area is 128 Å². The highest BCUT2D eigenvalue weighted by Crippen LogP contribution is 2.28. The van der Waals surface area contributed by atoms with Crippen molar-refractivity contribution in [2.75, 3.05) is 12.4 Å². The number of fused-ring (bicyclic) bond motifs is 1. The van der Waals surface area contributed by atoms with Crippen molar-refractivity contribution in [2.24, 2.45) is 0 Å². The summed E-state index contributed by atoms with van der Waals surface area (Å²) in [6.45, 7) is 0. The Hall–Kier alpha value is -2.68. The topological polar surface area (TPSA) is 109 Å². The molecule has 0 aliphatic carbocycles. The van der Waals surface area contributed by atoms with Crippen molar-refractivity contribution in [3.8, 4) is 5.75 Å². The number of thiazole rings is 1. The van der Waals surface area contributed by atoms with Gasteiger partial charge >= 0.3 is 6.03 Å². The van der Waals surface area contributed by atoms with Gasteiger partial charge in [-0.25, -0.2) is 9.78 Å². The van der Waals surface area contributed by atoms with Crippen molar-refractivity contribution >= 4 is 44.5 Å². The predicted octanol–water partition coefficient (Wildman–Crippen LogP) is 0.841. The summed E-state index contributed by atoms with van der Waals surface area (Å²) in [4.78, 5) is 38.6. The van der Waals surface area contributed by atoms with E-state index < -0.39 is 23.9 Å². The summed E-state index contributed by atoms with van der Waals surface area (Å²) in [6.07, 6.45) is -0.0523. The van der Waals surface area contributed by atoms with Crippen LogP contribution in [0.3, 0.4) is 0 Å². The van der Waals surface area contributed by atoms with Crippen LogP contribution in [-0.4, -0.2) is 36.0 Å². The number of urea groups is 1. The van der Waals surface area contributed by atoms with E-state index in [2.05, 4.69) is 20.9 Å². The molecule has 1 aromatic carbocycles. The molecule has 2 heterocycles. The van der Waals surface area contributed by atoms with Gasteiger partial charge in [-0.05, 0) is 12.1 Å². The van der Waals surface area contributed by atoms with Crippen molar-refractivity contribution in [1.82, 2.24) is 15.6 Å². The smallest absolute Gasteiger partial charge is 0.321 e. The lowest BCUT2D eigenvalue weighted by Crippen LogP contribution is -2.42. The van der Waals surface area contributed by atoms with Crippen molar-refractivity contribution in [3.05, 3.63) is 18.2 Å². The number of amides is 4. The van der Waals surface area contributed by atoms with Crippen LogP contribution in [0.5, 0.6) is 5.75 Å². The first kappa shape index (κ1) is 14.3. The van der Waals surface area contributed by atoms with Gasteiger partial charge in [0, 0.05) is 6.07 Å². The molecule has 0 saturated carbocycles. The van der Waals surface area contributed by atoms with E-state index in [1.807, 2.05) is 6.07 Å². The predicted molar refractivity (Wildman–Crippen MR) is 79.9 cm³/mol. The number of nitrogens with zero attached hydrogens (tertiary/aromatic N) is 1. The number of carbonyl (C=O) groups excluding carboxylic acids is 3. The molecule has 22 heavy (non-hydrogen) atoms. The normalized spacial score (nSPS) is 17.4.